The third-order valence-electron chi connectivity index (χ3n) is 4.68. The highest BCUT2D eigenvalue weighted by atomic mass is 16.2. The Bertz CT molecular complexity index is 667. The van der Waals surface area contributed by atoms with E-state index in [0.717, 1.165) is 24.9 Å². The number of benzene rings is 1. The van der Waals surface area contributed by atoms with E-state index in [1.807, 2.05) is 24.1 Å². The van der Waals surface area contributed by atoms with Gasteiger partial charge in [-0.2, -0.15) is 0 Å². The second-order valence-corrected chi connectivity index (χ2v) is 6.41. The van der Waals surface area contributed by atoms with Crippen LogP contribution in [0.5, 0.6) is 0 Å². The largest absolute Gasteiger partial charge is 0.345 e. The molecule has 0 aliphatic heterocycles. The van der Waals surface area contributed by atoms with Gasteiger partial charge in [0.05, 0.1) is 6.42 Å². The number of fused-ring (bicyclic) bond motifs is 1. The number of pyridine rings is 1. The van der Waals surface area contributed by atoms with E-state index in [2.05, 4.69) is 23.2 Å². The summed E-state index contributed by atoms with van der Waals surface area (Å²) in [7, 11) is 1.89. The van der Waals surface area contributed by atoms with E-state index < -0.39 is 0 Å². The minimum Gasteiger partial charge on any atom is -0.345 e. The van der Waals surface area contributed by atoms with Crippen LogP contribution in [0.3, 0.4) is 0 Å². The van der Waals surface area contributed by atoms with Crippen molar-refractivity contribution in [1.82, 2.24) is 9.88 Å². The first-order valence-electron chi connectivity index (χ1n) is 8.46. The molecule has 2 aromatic rings. The second-order valence-electron chi connectivity index (χ2n) is 6.41. The van der Waals surface area contributed by atoms with Gasteiger partial charge >= 0.3 is 0 Å². The van der Waals surface area contributed by atoms with Crippen LogP contribution in [0.25, 0.3) is 0 Å². The van der Waals surface area contributed by atoms with Crippen molar-refractivity contribution in [1.29, 1.82) is 0 Å². The van der Waals surface area contributed by atoms with Crippen molar-refractivity contribution in [2.75, 3.05) is 13.6 Å². The smallest absolute Gasteiger partial charge is 0.226 e. The molecule has 3 nitrogen and oxygen atoms in total. The van der Waals surface area contributed by atoms with E-state index in [-0.39, 0.29) is 5.91 Å². The van der Waals surface area contributed by atoms with Crippen molar-refractivity contribution >= 4 is 5.91 Å². The molecule has 0 saturated carbocycles. The van der Waals surface area contributed by atoms with Crippen LogP contribution >= 0.6 is 0 Å². The van der Waals surface area contributed by atoms with Crippen LogP contribution in [0.4, 0.5) is 0 Å². The van der Waals surface area contributed by atoms with E-state index >= 15 is 0 Å². The third kappa shape index (κ3) is 4.19. The Balaban J connectivity index is 1.56. The average molecular weight is 308 g/mol. The average Bonchev–Trinajstić information content (AvgIpc) is 2.60. The maximum Gasteiger partial charge on any atom is 0.226 e. The van der Waals surface area contributed by atoms with Crippen molar-refractivity contribution in [2.45, 2.75) is 38.5 Å². The van der Waals surface area contributed by atoms with Gasteiger partial charge in [-0.15, -0.1) is 0 Å². The van der Waals surface area contributed by atoms with Crippen molar-refractivity contribution < 1.29 is 4.79 Å². The van der Waals surface area contributed by atoms with Crippen LogP contribution in [-0.2, 0) is 30.5 Å². The molecule has 1 aliphatic carbocycles. The van der Waals surface area contributed by atoms with Gasteiger partial charge in [0.2, 0.25) is 5.91 Å². The van der Waals surface area contributed by atoms with Gasteiger partial charge < -0.3 is 4.90 Å². The van der Waals surface area contributed by atoms with E-state index in [1.165, 1.54) is 36.0 Å². The number of likely N-dealkylation sites (N-methyl/N-ethyl adjacent to an activating group) is 1. The Morgan fingerprint density at radius 2 is 1.78 bits per heavy atom. The zero-order chi connectivity index (χ0) is 16.1. The second kappa shape index (κ2) is 7.40. The normalized spacial score (nSPS) is 13.4. The maximum atomic E-state index is 12.4. The predicted molar refractivity (Wildman–Crippen MR) is 92.4 cm³/mol. The zero-order valence-corrected chi connectivity index (χ0v) is 13.8. The van der Waals surface area contributed by atoms with Crippen molar-refractivity contribution in [3.8, 4) is 0 Å². The zero-order valence-electron chi connectivity index (χ0n) is 13.8. The van der Waals surface area contributed by atoms with Crippen LogP contribution in [0.2, 0.25) is 0 Å². The van der Waals surface area contributed by atoms with E-state index in [0.29, 0.717) is 6.42 Å². The number of nitrogens with zero attached hydrogens (tertiary/aromatic N) is 2. The number of aryl methyl sites for hydroxylation is 2. The first-order chi connectivity index (χ1) is 11.2. The van der Waals surface area contributed by atoms with Crippen molar-refractivity contribution in [3.05, 3.63) is 65.0 Å². The molecule has 0 unspecified atom stereocenters. The molecular weight excluding hydrogens is 284 g/mol. The Labute approximate surface area is 138 Å². The first-order valence-corrected chi connectivity index (χ1v) is 8.46. The SMILES string of the molecule is CN(CCc1ccncc1)C(=O)Cc1ccc2c(c1)CCCC2. The molecule has 1 aromatic heterocycles. The van der Waals surface area contributed by atoms with Gasteiger partial charge in [0.25, 0.3) is 0 Å². The lowest BCUT2D eigenvalue weighted by molar-refractivity contribution is -0.129. The topological polar surface area (TPSA) is 33.2 Å². The van der Waals surface area contributed by atoms with Crippen molar-refractivity contribution in [2.24, 2.45) is 0 Å². The Hall–Kier alpha value is -2.16. The van der Waals surface area contributed by atoms with E-state index in [1.54, 1.807) is 12.4 Å². The van der Waals surface area contributed by atoms with Gasteiger partial charge in [0.1, 0.15) is 0 Å². The van der Waals surface area contributed by atoms with Gasteiger partial charge in [-0.25, -0.2) is 0 Å². The number of hydrogen-bond donors (Lipinski definition) is 0. The summed E-state index contributed by atoms with van der Waals surface area (Å²) in [4.78, 5) is 18.3. The van der Waals surface area contributed by atoms with Gasteiger partial charge in [0.15, 0.2) is 0 Å². The van der Waals surface area contributed by atoms with Crippen LogP contribution in [0.1, 0.15) is 35.1 Å². The van der Waals surface area contributed by atoms with Crippen LogP contribution in [0, 0.1) is 0 Å². The van der Waals surface area contributed by atoms with Gasteiger partial charge in [-0.05, 0) is 66.5 Å². The minimum atomic E-state index is 0.190. The quantitative estimate of drug-likeness (QED) is 0.850. The lowest BCUT2D eigenvalue weighted by Crippen LogP contribution is -2.30. The van der Waals surface area contributed by atoms with Crippen LogP contribution < -0.4 is 0 Å². The number of carbonyl (C=O) groups is 1. The molecule has 1 aliphatic rings. The molecule has 1 heterocycles. The highest BCUT2D eigenvalue weighted by Gasteiger charge is 2.13. The van der Waals surface area contributed by atoms with Gasteiger partial charge in [-0.3, -0.25) is 9.78 Å². The summed E-state index contributed by atoms with van der Waals surface area (Å²) in [6.07, 6.45) is 9.88. The molecule has 3 heteroatoms. The molecule has 1 amide bonds. The molecule has 3 rings (SSSR count). The summed E-state index contributed by atoms with van der Waals surface area (Å²) in [5.74, 6) is 0.190. The fourth-order valence-electron chi connectivity index (χ4n) is 3.18. The lowest BCUT2D eigenvalue weighted by Gasteiger charge is -2.19. The molecule has 120 valence electrons. The number of aromatic nitrogens is 1. The molecule has 0 atom stereocenters. The first kappa shape index (κ1) is 15.7. The fourth-order valence-corrected chi connectivity index (χ4v) is 3.18. The molecule has 0 radical (unpaired) electrons. The molecule has 23 heavy (non-hydrogen) atoms. The summed E-state index contributed by atoms with van der Waals surface area (Å²) < 4.78 is 0. The summed E-state index contributed by atoms with van der Waals surface area (Å²) in [6.45, 7) is 0.744. The maximum absolute atomic E-state index is 12.4. The highest BCUT2D eigenvalue weighted by molar-refractivity contribution is 5.78. The minimum absolute atomic E-state index is 0.190. The Morgan fingerprint density at radius 3 is 2.57 bits per heavy atom. The summed E-state index contributed by atoms with van der Waals surface area (Å²) >= 11 is 0. The monoisotopic (exact) mass is 308 g/mol. The third-order valence-corrected chi connectivity index (χ3v) is 4.68. The molecule has 0 N–H and O–H groups in total. The lowest BCUT2D eigenvalue weighted by atomic mass is 9.90. The molecule has 1 aromatic carbocycles. The van der Waals surface area contributed by atoms with Crippen LogP contribution in [0.15, 0.2) is 42.7 Å². The van der Waals surface area contributed by atoms with Gasteiger partial charge in [0, 0.05) is 26.0 Å². The Kier molecular flexibility index (Phi) is 5.06. The summed E-state index contributed by atoms with van der Waals surface area (Å²) in [6, 6.07) is 10.6. The van der Waals surface area contributed by atoms with Crippen LogP contribution in [-0.4, -0.2) is 29.4 Å². The fraction of sp³-hybridized carbons (Fsp3) is 0.400. The number of amides is 1. The predicted octanol–water partition coefficient (Wildman–Crippen LogP) is 3.20. The summed E-state index contributed by atoms with van der Waals surface area (Å²) in [5, 5.41) is 0. The standard InChI is InChI=1S/C20H24N2O/c1-22(13-10-16-8-11-21-12-9-16)20(23)15-17-6-7-18-4-2-3-5-19(18)14-17/h6-9,11-12,14H,2-5,10,13,15H2,1H3. The summed E-state index contributed by atoms with van der Waals surface area (Å²) in [5.41, 5.74) is 5.28. The molecule has 0 spiro atoms. The van der Waals surface area contributed by atoms with E-state index in [4.69, 9.17) is 0 Å². The molecule has 0 fully saturated rings. The van der Waals surface area contributed by atoms with Crippen molar-refractivity contribution in [3.63, 3.8) is 0 Å². The van der Waals surface area contributed by atoms with Gasteiger partial charge in [-0.1, -0.05) is 18.2 Å². The number of hydrogen-bond acceptors (Lipinski definition) is 2. The van der Waals surface area contributed by atoms with E-state index in [9.17, 15) is 4.79 Å². The molecular formula is C20H24N2O. The number of carbonyl (C=O) groups excluding carboxylic acids is 1. The Morgan fingerprint density at radius 1 is 1.04 bits per heavy atom. The molecule has 0 bridgehead atoms. The highest BCUT2D eigenvalue weighted by Crippen LogP contribution is 2.22. The number of rotatable bonds is 5. The molecule has 0 saturated heterocycles.